The molecule has 2 rings (SSSR count). The van der Waals surface area contributed by atoms with Gasteiger partial charge in [-0.3, -0.25) is 9.79 Å². The van der Waals surface area contributed by atoms with Gasteiger partial charge in [0.1, 0.15) is 11.6 Å². The number of nitrogens with zero attached hydrogens (tertiary/aromatic N) is 1. The topological polar surface area (TPSA) is 75.7 Å². The fourth-order valence-electron chi connectivity index (χ4n) is 4.67. The lowest BCUT2D eigenvalue weighted by molar-refractivity contribution is -0.132. The molecule has 0 saturated heterocycles. The summed E-state index contributed by atoms with van der Waals surface area (Å²) < 4.78 is 13.4. The number of rotatable bonds is 7. The van der Waals surface area contributed by atoms with Gasteiger partial charge in [-0.25, -0.2) is 4.39 Å². The molecule has 0 amide bonds. The van der Waals surface area contributed by atoms with Crippen LogP contribution in [0.2, 0.25) is 0 Å². The fraction of sp³-hybridized carbons (Fsp3) is 0.462. The highest BCUT2D eigenvalue weighted by molar-refractivity contribution is 6.09. The number of aliphatic hydroxyl groups excluding tert-OH is 1. The normalized spacial score (nSPS) is 30.6. The van der Waals surface area contributed by atoms with Gasteiger partial charge in [-0.05, 0) is 74.3 Å². The molecule has 0 unspecified atom stereocenters. The van der Waals surface area contributed by atoms with Gasteiger partial charge in [-0.2, -0.15) is 0 Å². The number of nitrogens with two attached hydrogens (primary N) is 1. The summed E-state index contributed by atoms with van der Waals surface area (Å²) in [5.41, 5.74) is 7.50. The summed E-state index contributed by atoms with van der Waals surface area (Å²) in [4.78, 5) is 16.9. The number of Topliss-reactive ketones (excluding diaryl/α,β-unsaturated/α-hetero) is 1. The van der Waals surface area contributed by atoms with Crippen LogP contribution in [-0.4, -0.2) is 28.7 Å². The van der Waals surface area contributed by atoms with Crippen LogP contribution in [0.15, 0.2) is 59.8 Å². The van der Waals surface area contributed by atoms with Crippen molar-refractivity contribution < 1.29 is 14.3 Å². The van der Waals surface area contributed by atoms with Gasteiger partial charge in [-0.15, -0.1) is 0 Å². The Balaban J connectivity index is 2.28. The van der Waals surface area contributed by atoms with Gasteiger partial charge < -0.3 is 10.8 Å². The molecule has 0 radical (unpaired) electrons. The fourth-order valence-corrected chi connectivity index (χ4v) is 4.67. The van der Waals surface area contributed by atoms with Crippen molar-refractivity contribution in [1.29, 1.82) is 0 Å². The first kappa shape index (κ1) is 24.9. The first-order chi connectivity index (χ1) is 14.5. The molecule has 1 aliphatic rings. The van der Waals surface area contributed by atoms with Crippen LogP contribution in [0, 0.1) is 29.5 Å². The van der Waals surface area contributed by atoms with E-state index in [-0.39, 0.29) is 35.3 Å². The minimum atomic E-state index is -1.06. The standard InChI is InChI=1S/C26H35FN2O2/c1-7-23(29-15-17(3)21-9-8-10-22(27)13-21)11-12-24-18(4)16(2)14-26(28,20(6)31)25(24)19(5)30/h7-13,15-16,18-19,24-25,30H,3,14,28H2,1-2,4-6H3/b12-11+,23-7-,29-15?/t16-,18+,19+,24-,25-,26+/m0/s1. The number of hydrogen-bond donors (Lipinski definition) is 2. The van der Waals surface area contributed by atoms with Gasteiger partial charge in [0.05, 0.1) is 17.3 Å². The molecule has 5 heteroatoms. The van der Waals surface area contributed by atoms with E-state index in [1.165, 1.54) is 19.1 Å². The quantitative estimate of drug-likeness (QED) is 0.479. The summed E-state index contributed by atoms with van der Waals surface area (Å²) in [6.45, 7) is 13.3. The predicted octanol–water partition coefficient (Wildman–Crippen LogP) is 4.95. The maximum atomic E-state index is 13.4. The zero-order chi connectivity index (χ0) is 23.3. The van der Waals surface area contributed by atoms with Crippen molar-refractivity contribution in [2.75, 3.05) is 0 Å². The highest BCUT2D eigenvalue weighted by atomic mass is 19.1. The molecular formula is C26H35FN2O2. The molecule has 0 aliphatic heterocycles. The van der Waals surface area contributed by atoms with Gasteiger partial charge in [0.2, 0.25) is 0 Å². The lowest BCUT2D eigenvalue weighted by Gasteiger charge is -2.50. The number of aliphatic imine (C=N–C) groups is 1. The zero-order valence-corrected chi connectivity index (χ0v) is 19.2. The molecular weight excluding hydrogens is 391 g/mol. The molecule has 168 valence electrons. The Bertz CT molecular complexity index is 902. The van der Waals surface area contributed by atoms with E-state index in [1.54, 1.807) is 25.3 Å². The third-order valence-electron chi connectivity index (χ3n) is 6.70. The number of benzene rings is 1. The minimum Gasteiger partial charge on any atom is -0.393 e. The van der Waals surface area contributed by atoms with Gasteiger partial charge in [0, 0.05) is 12.1 Å². The van der Waals surface area contributed by atoms with Crippen LogP contribution in [0.3, 0.4) is 0 Å². The Labute approximate surface area is 185 Å². The number of carbonyl (C=O) groups is 1. The van der Waals surface area contributed by atoms with E-state index < -0.39 is 11.6 Å². The van der Waals surface area contributed by atoms with Crippen LogP contribution >= 0.6 is 0 Å². The third-order valence-corrected chi connectivity index (χ3v) is 6.70. The molecule has 1 fully saturated rings. The Hall–Kier alpha value is -2.37. The zero-order valence-electron chi connectivity index (χ0n) is 19.2. The molecule has 6 atom stereocenters. The summed E-state index contributed by atoms with van der Waals surface area (Å²) in [7, 11) is 0. The summed E-state index contributed by atoms with van der Waals surface area (Å²) >= 11 is 0. The number of carbonyl (C=O) groups excluding carboxylic acids is 1. The Morgan fingerprint density at radius 1 is 1.42 bits per heavy atom. The first-order valence-electron chi connectivity index (χ1n) is 10.8. The highest BCUT2D eigenvalue weighted by Gasteiger charge is 2.52. The van der Waals surface area contributed by atoms with Gasteiger partial charge >= 0.3 is 0 Å². The van der Waals surface area contributed by atoms with E-state index in [1.807, 2.05) is 25.2 Å². The smallest absolute Gasteiger partial charge is 0.149 e. The van der Waals surface area contributed by atoms with Crippen LogP contribution in [-0.2, 0) is 4.79 Å². The highest BCUT2D eigenvalue weighted by Crippen LogP contribution is 2.46. The van der Waals surface area contributed by atoms with Crippen LogP contribution < -0.4 is 5.73 Å². The van der Waals surface area contributed by atoms with Crippen molar-refractivity contribution in [3.8, 4) is 0 Å². The number of aliphatic hydroxyl groups is 1. The number of hydrogen-bond acceptors (Lipinski definition) is 4. The minimum absolute atomic E-state index is 0.0748. The van der Waals surface area contributed by atoms with E-state index in [0.717, 1.165) is 0 Å². The second-order valence-corrected chi connectivity index (χ2v) is 8.85. The molecule has 1 aromatic rings. The van der Waals surface area contributed by atoms with Crippen molar-refractivity contribution in [1.82, 2.24) is 0 Å². The summed E-state index contributed by atoms with van der Waals surface area (Å²) in [5.74, 6) is -0.379. The van der Waals surface area contributed by atoms with Crippen molar-refractivity contribution in [2.45, 2.75) is 52.7 Å². The molecule has 4 nitrogen and oxygen atoms in total. The molecule has 0 aromatic heterocycles. The molecule has 0 heterocycles. The molecule has 31 heavy (non-hydrogen) atoms. The summed E-state index contributed by atoms with van der Waals surface area (Å²) in [6.07, 6.45) is 7.22. The van der Waals surface area contributed by atoms with Crippen molar-refractivity contribution in [3.05, 3.63) is 66.2 Å². The lowest BCUT2D eigenvalue weighted by atomic mass is 9.57. The Kier molecular flexibility index (Phi) is 8.27. The van der Waals surface area contributed by atoms with Gasteiger partial charge in [0.15, 0.2) is 0 Å². The third kappa shape index (κ3) is 5.66. The van der Waals surface area contributed by atoms with Crippen LogP contribution in [0.1, 0.15) is 46.6 Å². The molecule has 0 bridgehead atoms. The molecule has 3 N–H and O–H groups in total. The number of ketones is 1. The van der Waals surface area contributed by atoms with Gasteiger partial charge in [-0.1, -0.05) is 44.7 Å². The Morgan fingerprint density at radius 2 is 2.10 bits per heavy atom. The average molecular weight is 427 g/mol. The summed E-state index contributed by atoms with van der Waals surface area (Å²) in [5, 5.41) is 10.5. The molecule has 1 aromatic carbocycles. The molecule has 0 spiro atoms. The Morgan fingerprint density at radius 3 is 2.65 bits per heavy atom. The predicted molar refractivity (Wildman–Crippen MR) is 126 cm³/mol. The maximum absolute atomic E-state index is 13.4. The lowest BCUT2D eigenvalue weighted by Crippen LogP contribution is -2.63. The largest absolute Gasteiger partial charge is 0.393 e. The van der Waals surface area contributed by atoms with E-state index >= 15 is 0 Å². The van der Waals surface area contributed by atoms with Crippen molar-refractivity contribution in [2.24, 2.45) is 34.4 Å². The SMILES string of the molecule is C=C(C=NC(=C\C)/C=C/[C@H]1[C@H](C)[C@@H](C)C[C@@](N)(C(C)=O)[C@H]1[C@@H](C)O)c1cccc(F)c1. The summed E-state index contributed by atoms with van der Waals surface area (Å²) in [6, 6.07) is 6.22. The molecule has 1 aliphatic carbocycles. The monoisotopic (exact) mass is 426 g/mol. The van der Waals surface area contributed by atoms with E-state index in [0.29, 0.717) is 23.3 Å². The number of allylic oxidation sites excluding steroid dienone is 4. The number of halogens is 1. The van der Waals surface area contributed by atoms with Crippen LogP contribution in [0.5, 0.6) is 0 Å². The van der Waals surface area contributed by atoms with Crippen molar-refractivity contribution in [3.63, 3.8) is 0 Å². The van der Waals surface area contributed by atoms with E-state index in [9.17, 15) is 14.3 Å². The first-order valence-corrected chi connectivity index (χ1v) is 10.8. The van der Waals surface area contributed by atoms with E-state index in [2.05, 4.69) is 25.4 Å². The second-order valence-electron chi connectivity index (χ2n) is 8.85. The van der Waals surface area contributed by atoms with Gasteiger partial charge in [0.25, 0.3) is 0 Å². The second kappa shape index (κ2) is 10.3. The average Bonchev–Trinajstić information content (AvgIpc) is 2.70. The van der Waals surface area contributed by atoms with E-state index in [4.69, 9.17) is 5.73 Å². The van der Waals surface area contributed by atoms with Crippen LogP contribution in [0.4, 0.5) is 4.39 Å². The van der Waals surface area contributed by atoms with Crippen molar-refractivity contribution >= 4 is 17.6 Å². The molecule has 1 saturated carbocycles. The maximum Gasteiger partial charge on any atom is 0.149 e. The van der Waals surface area contributed by atoms with Crippen LogP contribution in [0.25, 0.3) is 5.57 Å².